The van der Waals surface area contributed by atoms with Gasteiger partial charge >= 0.3 is 12.0 Å². The van der Waals surface area contributed by atoms with Crippen LogP contribution >= 0.6 is 11.8 Å². The molecule has 2 fully saturated rings. The van der Waals surface area contributed by atoms with Gasteiger partial charge in [-0.05, 0) is 0 Å². The Bertz CT molecular complexity index is 363. The molecule has 20 heavy (non-hydrogen) atoms. The number of carbonyl (C=O) groups excluding carboxylic acids is 1. The molecule has 2 saturated heterocycles. The third kappa shape index (κ3) is 4.00. The average Bonchev–Trinajstić information content (AvgIpc) is 2.82. The number of hydrogen-bond acceptors (Lipinski definition) is 5. The molecule has 2 rings (SSSR count). The zero-order chi connectivity index (χ0) is 14.5. The smallest absolute Gasteiger partial charge is 0.326 e. The number of nitrogens with one attached hydrogen (secondary N) is 1. The molecule has 0 aliphatic carbocycles. The molecule has 7 nitrogen and oxygen atoms in total. The van der Waals surface area contributed by atoms with Gasteiger partial charge in [-0.3, -0.25) is 4.90 Å². The van der Waals surface area contributed by atoms with Gasteiger partial charge in [0, 0.05) is 50.7 Å². The van der Waals surface area contributed by atoms with Crippen LogP contribution in [0.5, 0.6) is 0 Å². The normalized spacial score (nSPS) is 27.6. The molecular formula is C12H21N3O4S. The number of carboxylic acid groups (broad SMARTS) is 1. The van der Waals surface area contributed by atoms with E-state index in [0.717, 1.165) is 31.1 Å². The van der Waals surface area contributed by atoms with Crippen molar-refractivity contribution < 1.29 is 19.8 Å². The molecule has 2 aliphatic heterocycles. The maximum Gasteiger partial charge on any atom is 0.326 e. The summed E-state index contributed by atoms with van der Waals surface area (Å²) in [5.74, 6) is 1.17. The Morgan fingerprint density at radius 1 is 1.30 bits per heavy atom. The highest BCUT2D eigenvalue weighted by molar-refractivity contribution is 7.99. The summed E-state index contributed by atoms with van der Waals surface area (Å²) >= 11 is 1.93. The van der Waals surface area contributed by atoms with Crippen molar-refractivity contribution in [3.63, 3.8) is 0 Å². The number of β-amino-alcohol motifs (C(OH)–C–C–N with tert-alkyl or cyclic N) is 1. The molecule has 8 heteroatoms. The minimum absolute atomic E-state index is 0.0865. The number of hydrogen-bond donors (Lipinski definition) is 3. The van der Waals surface area contributed by atoms with Crippen LogP contribution in [0, 0.1) is 0 Å². The molecule has 0 saturated carbocycles. The number of aliphatic carboxylic acids is 1. The van der Waals surface area contributed by atoms with Crippen LogP contribution in [0.25, 0.3) is 0 Å². The van der Waals surface area contributed by atoms with Gasteiger partial charge in [-0.1, -0.05) is 0 Å². The Labute approximate surface area is 122 Å². The molecular weight excluding hydrogens is 282 g/mol. The van der Waals surface area contributed by atoms with Crippen LogP contribution < -0.4 is 5.32 Å². The van der Waals surface area contributed by atoms with Crippen LogP contribution in [-0.4, -0.2) is 88.4 Å². The highest BCUT2D eigenvalue weighted by Crippen LogP contribution is 2.18. The van der Waals surface area contributed by atoms with Gasteiger partial charge in [0.15, 0.2) is 0 Å². The topological polar surface area (TPSA) is 93.1 Å². The van der Waals surface area contributed by atoms with Gasteiger partial charge in [0.25, 0.3) is 0 Å². The Kier molecular flexibility index (Phi) is 5.50. The molecule has 2 aliphatic rings. The molecule has 2 atom stereocenters. The van der Waals surface area contributed by atoms with Crippen LogP contribution in [-0.2, 0) is 4.79 Å². The fraction of sp³-hybridized carbons (Fsp3) is 0.833. The predicted molar refractivity (Wildman–Crippen MR) is 75.9 cm³/mol. The molecule has 0 unspecified atom stereocenters. The maximum absolute atomic E-state index is 12.0. The quantitative estimate of drug-likeness (QED) is 0.634. The maximum atomic E-state index is 12.0. The average molecular weight is 303 g/mol. The van der Waals surface area contributed by atoms with E-state index in [0.29, 0.717) is 6.54 Å². The van der Waals surface area contributed by atoms with Crippen molar-refractivity contribution in [3.05, 3.63) is 0 Å². The third-order valence-electron chi connectivity index (χ3n) is 3.63. The number of amides is 2. The van der Waals surface area contributed by atoms with Gasteiger partial charge < -0.3 is 20.4 Å². The van der Waals surface area contributed by atoms with E-state index >= 15 is 0 Å². The van der Waals surface area contributed by atoms with Crippen molar-refractivity contribution in [2.24, 2.45) is 0 Å². The zero-order valence-corrected chi connectivity index (χ0v) is 12.1. The van der Waals surface area contributed by atoms with Crippen LogP contribution in [0.4, 0.5) is 4.79 Å². The van der Waals surface area contributed by atoms with Gasteiger partial charge in [-0.15, -0.1) is 0 Å². The zero-order valence-electron chi connectivity index (χ0n) is 11.3. The highest BCUT2D eigenvalue weighted by Gasteiger charge is 2.38. The fourth-order valence-electron chi connectivity index (χ4n) is 2.52. The first-order valence-corrected chi connectivity index (χ1v) is 7.99. The number of nitrogens with zero attached hydrogens (tertiary/aromatic N) is 2. The van der Waals surface area contributed by atoms with Crippen molar-refractivity contribution in [2.45, 2.75) is 18.6 Å². The van der Waals surface area contributed by atoms with E-state index in [9.17, 15) is 14.7 Å². The van der Waals surface area contributed by atoms with E-state index in [-0.39, 0.29) is 13.0 Å². The lowest BCUT2D eigenvalue weighted by Gasteiger charge is -2.27. The third-order valence-corrected chi connectivity index (χ3v) is 4.58. The van der Waals surface area contributed by atoms with Crippen molar-refractivity contribution in [1.82, 2.24) is 15.1 Å². The molecule has 3 N–H and O–H groups in total. The SMILES string of the molecule is O=C(O)[C@@H]1C[C@H](O)CN1C(=O)NCCN1CCSCC1. The van der Waals surface area contributed by atoms with Crippen LogP contribution in [0.3, 0.4) is 0 Å². The van der Waals surface area contributed by atoms with E-state index in [1.807, 2.05) is 11.8 Å². The molecule has 0 aromatic heterocycles. The lowest BCUT2D eigenvalue weighted by atomic mass is 10.2. The number of carbonyl (C=O) groups is 2. The minimum Gasteiger partial charge on any atom is -0.480 e. The summed E-state index contributed by atoms with van der Waals surface area (Å²) in [6.07, 6.45) is -0.646. The number of thioether (sulfide) groups is 1. The predicted octanol–water partition coefficient (Wildman–Crippen LogP) is -0.735. The molecule has 0 bridgehead atoms. The van der Waals surface area contributed by atoms with Gasteiger partial charge in [-0.25, -0.2) is 9.59 Å². The number of rotatable bonds is 4. The van der Waals surface area contributed by atoms with Crippen LogP contribution in [0.15, 0.2) is 0 Å². The molecule has 0 aromatic carbocycles. The molecule has 0 radical (unpaired) electrons. The first-order valence-electron chi connectivity index (χ1n) is 6.83. The first kappa shape index (κ1) is 15.4. The summed E-state index contributed by atoms with van der Waals surface area (Å²) in [4.78, 5) is 26.5. The number of aliphatic hydroxyl groups excluding tert-OH is 1. The van der Waals surface area contributed by atoms with E-state index in [4.69, 9.17) is 5.11 Å². The summed E-state index contributed by atoms with van der Waals surface area (Å²) < 4.78 is 0. The monoisotopic (exact) mass is 303 g/mol. The van der Waals surface area contributed by atoms with Crippen molar-refractivity contribution in [3.8, 4) is 0 Å². The van der Waals surface area contributed by atoms with Crippen molar-refractivity contribution >= 4 is 23.8 Å². The van der Waals surface area contributed by atoms with Crippen molar-refractivity contribution in [1.29, 1.82) is 0 Å². The second kappa shape index (κ2) is 7.14. The summed E-state index contributed by atoms with van der Waals surface area (Å²) in [5, 5.41) is 21.3. The summed E-state index contributed by atoms with van der Waals surface area (Å²) in [6.45, 7) is 3.42. The molecule has 114 valence electrons. The number of aliphatic hydroxyl groups is 1. The summed E-state index contributed by atoms with van der Waals surface area (Å²) in [7, 11) is 0. The van der Waals surface area contributed by atoms with Gasteiger partial charge in [0.05, 0.1) is 6.10 Å². The summed E-state index contributed by atoms with van der Waals surface area (Å²) in [5.41, 5.74) is 0. The second-order valence-corrected chi connectivity index (χ2v) is 6.31. The van der Waals surface area contributed by atoms with Crippen LogP contribution in [0.1, 0.15) is 6.42 Å². The molecule has 0 spiro atoms. The minimum atomic E-state index is -1.07. The number of urea groups is 1. The van der Waals surface area contributed by atoms with Crippen molar-refractivity contribution in [2.75, 3.05) is 44.2 Å². The van der Waals surface area contributed by atoms with Crippen LogP contribution in [0.2, 0.25) is 0 Å². The van der Waals surface area contributed by atoms with E-state index < -0.39 is 24.1 Å². The lowest BCUT2D eigenvalue weighted by molar-refractivity contribution is -0.141. The van der Waals surface area contributed by atoms with E-state index in [2.05, 4.69) is 10.2 Å². The largest absolute Gasteiger partial charge is 0.480 e. The Hall–Kier alpha value is -0.990. The van der Waals surface area contributed by atoms with Gasteiger partial charge in [0.1, 0.15) is 6.04 Å². The molecule has 0 aromatic rings. The Balaban J connectivity index is 1.74. The first-order chi connectivity index (χ1) is 9.58. The lowest BCUT2D eigenvalue weighted by Crippen LogP contribution is -2.48. The van der Waals surface area contributed by atoms with E-state index in [1.165, 1.54) is 4.90 Å². The molecule has 2 heterocycles. The Morgan fingerprint density at radius 3 is 2.65 bits per heavy atom. The fourth-order valence-corrected chi connectivity index (χ4v) is 3.50. The number of likely N-dealkylation sites (tertiary alicyclic amines) is 1. The summed E-state index contributed by atoms with van der Waals surface area (Å²) in [6, 6.07) is -1.32. The van der Waals surface area contributed by atoms with E-state index in [1.54, 1.807) is 0 Å². The standard InChI is InChI=1S/C12H21N3O4S/c16-9-7-10(11(17)18)15(8-9)12(19)13-1-2-14-3-5-20-6-4-14/h9-10,16H,1-8H2,(H,13,19)(H,17,18)/t9-,10-/m0/s1. The van der Waals surface area contributed by atoms with Gasteiger partial charge in [-0.2, -0.15) is 11.8 Å². The Morgan fingerprint density at radius 2 is 2.00 bits per heavy atom. The second-order valence-electron chi connectivity index (χ2n) is 5.08. The number of carboxylic acids is 1. The highest BCUT2D eigenvalue weighted by atomic mass is 32.2. The molecule has 2 amide bonds. The van der Waals surface area contributed by atoms with Gasteiger partial charge in [0.2, 0.25) is 0 Å².